The molecule has 0 radical (unpaired) electrons. The number of aryl methyl sites for hydroxylation is 1. The zero-order valence-corrected chi connectivity index (χ0v) is 18.1. The Kier molecular flexibility index (Phi) is 6.46. The first kappa shape index (κ1) is 19.9. The summed E-state index contributed by atoms with van der Waals surface area (Å²) in [5.41, 5.74) is 2.25. The molecule has 0 atom stereocenters. The Labute approximate surface area is 178 Å². The number of thioether (sulfide) groups is 1. The predicted octanol–water partition coefficient (Wildman–Crippen LogP) is 4.84. The molecule has 5 nitrogen and oxygen atoms in total. The first-order valence-corrected chi connectivity index (χ1v) is 11.7. The minimum atomic E-state index is 0.0454. The zero-order valence-electron chi connectivity index (χ0n) is 16.5. The van der Waals surface area contributed by atoms with Crippen molar-refractivity contribution in [3.63, 3.8) is 0 Å². The maximum atomic E-state index is 12.6. The summed E-state index contributed by atoms with van der Waals surface area (Å²) in [6.07, 6.45) is 3.22. The van der Waals surface area contributed by atoms with Gasteiger partial charge in [-0.15, -0.1) is 10.2 Å². The second-order valence-electron chi connectivity index (χ2n) is 6.91. The largest absolute Gasteiger partial charge is 0.308 e. The number of fused-ring (bicyclic) bond motifs is 1. The molecule has 7 heteroatoms. The molecule has 0 amide bonds. The van der Waals surface area contributed by atoms with Gasteiger partial charge in [0.15, 0.2) is 11.0 Å². The molecule has 0 fully saturated rings. The Balaban J connectivity index is 1.62. The molecule has 0 saturated carbocycles. The first-order valence-electron chi connectivity index (χ1n) is 9.93. The van der Waals surface area contributed by atoms with Crippen molar-refractivity contribution in [1.82, 2.24) is 19.3 Å². The Bertz CT molecular complexity index is 1130. The van der Waals surface area contributed by atoms with E-state index in [9.17, 15) is 4.79 Å². The number of thiazole rings is 1. The van der Waals surface area contributed by atoms with Crippen LogP contribution in [0.5, 0.6) is 0 Å². The molecular weight excluding hydrogens is 400 g/mol. The molecule has 2 heterocycles. The number of rotatable bonds is 9. The maximum Gasteiger partial charge on any atom is 0.308 e. The van der Waals surface area contributed by atoms with Gasteiger partial charge in [0.1, 0.15) is 0 Å². The van der Waals surface area contributed by atoms with E-state index in [2.05, 4.69) is 46.0 Å². The van der Waals surface area contributed by atoms with Crippen LogP contribution in [0.1, 0.15) is 31.2 Å². The summed E-state index contributed by atoms with van der Waals surface area (Å²) >= 11 is 3.04. The topological polar surface area (TPSA) is 52.7 Å². The third-order valence-corrected chi connectivity index (χ3v) is 6.88. The van der Waals surface area contributed by atoms with Crippen LogP contribution in [0.3, 0.4) is 0 Å². The van der Waals surface area contributed by atoms with Gasteiger partial charge in [0.25, 0.3) is 0 Å². The van der Waals surface area contributed by atoms with Gasteiger partial charge in [0.2, 0.25) is 0 Å². The van der Waals surface area contributed by atoms with E-state index in [-0.39, 0.29) is 4.87 Å². The second kappa shape index (κ2) is 9.41. The summed E-state index contributed by atoms with van der Waals surface area (Å²) < 4.78 is 5.00. The fourth-order valence-electron chi connectivity index (χ4n) is 3.27. The molecule has 0 aliphatic heterocycles. The van der Waals surface area contributed by atoms with Gasteiger partial charge in [-0.3, -0.25) is 9.36 Å². The Morgan fingerprint density at radius 2 is 1.79 bits per heavy atom. The molecule has 0 spiro atoms. The van der Waals surface area contributed by atoms with E-state index >= 15 is 0 Å². The average Bonchev–Trinajstić information content (AvgIpc) is 3.28. The van der Waals surface area contributed by atoms with E-state index in [0.717, 1.165) is 52.8 Å². The van der Waals surface area contributed by atoms with Crippen molar-refractivity contribution in [3.05, 3.63) is 75.7 Å². The molecule has 2 aromatic carbocycles. The summed E-state index contributed by atoms with van der Waals surface area (Å²) in [7, 11) is 0. The number of aromatic nitrogens is 4. The molecule has 0 N–H and O–H groups in total. The Morgan fingerprint density at radius 1 is 1.00 bits per heavy atom. The Hall–Kier alpha value is -2.38. The van der Waals surface area contributed by atoms with Crippen molar-refractivity contribution >= 4 is 33.3 Å². The maximum absolute atomic E-state index is 12.6. The van der Waals surface area contributed by atoms with Crippen molar-refractivity contribution in [3.8, 4) is 0 Å². The molecule has 2 aromatic heterocycles. The van der Waals surface area contributed by atoms with Crippen molar-refractivity contribution in [1.29, 1.82) is 0 Å². The molecular formula is C22H24N4OS2. The van der Waals surface area contributed by atoms with Crippen LogP contribution in [-0.2, 0) is 19.5 Å². The number of unbranched alkanes of at least 4 members (excludes halogenated alkanes) is 1. The van der Waals surface area contributed by atoms with Crippen molar-refractivity contribution in [2.45, 2.75) is 44.4 Å². The molecule has 29 heavy (non-hydrogen) atoms. The number of para-hydroxylation sites is 1. The standard InChI is InChI=1S/C22H24N4OS2/c1-2-3-15-28-21-24-23-20(25(21)14-13-17-9-5-4-6-10-17)16-26-18-11-7-8-12-19(18)29-22(26)27/h4-12H,2-3,13-16H2,1H3. The van der Waals surface area contributed by atoms with E-state index in [4.69, 9.17) is 0 Å². The summed E-state index contributed by atoms with van der Waals surface area (Å²) in [6.45, 7) is 3.44. The highest BCUT2D eigenvalue weighted by Gasteiger charge is 2.16. The van der Waals surface area contributed by atoms with E-state index in [0.29, 0.717) is 6.54 Å². The van der Waals surface area contributed by atoms with Crippen LogP contribution in [0.2, 0.25) is 0 Å². The molecule has 0 aliphatic carbocycles. The van der Waals surface area contributed by atoms with Gasteiger partial charge >= 0.3 is 4.87 Å². The minimum Gasteiger partial charge on any atom is -0.304 e. The second-order valence-corrected chi connectivity index (χ2v) is 8.97. The quantitative estimate of drug-likeness (QED) is 0.285. The fourth-order valence-corrected chi connectivity index (χ4v) is 5.22. The van der Waals surface area contributed by atoms with Crippen molar-refractivity contribution in [2.75, 3.05) is 5.75 Å². The van der Waals surface area contributed by atoms with Gasteiger partial charge in [-0.25, -0.2) is 0 Å². The van der Waals surface area contributed by atoms with Gasteiger partial charge < -0.3 is 4.57 Å². The smallest absolute Gasteiger partial charge is 0.304 e. The lowest BCUT2D eigenvalue weighted by Crippen LogP contribution is -2.18. The molecule has 0 bridgehead atoms. The van der Waals surface area contributed by atoms with E-state index in [1.807, 2.05) is 34.9 Å². The third kappa shape index (κ3) is 4.62. The van der Waals surface area contributed by atoms with Crippen LogP contribution in [0, 0.1) is 0 Å². The lowest BCUT2D eigenvalue weighted by Gasteiger charge is -2.11. The molecule has 150 valence electrons. The molecule has 4 rings (SSSR count). The number of nitrogens with zero attached hydrogens (tertiary/aromatic N) is 4. The lowest BCUT2D eigenvalue weighted by atomic mass is 10.1. The highest BCUT2D eigenvalue weighted by atomic mass is 32.2. The van der Waals surface area contributed by atoms with Crippen LogP contribution < -0.4 is 4.87 Å². The lowest BCUT2D eigenvalue weighted by molar-refractivity contribution is 0.586. The minimum absolute atomic E-state index is 0.0454. The predicted molar refractivity (Wildman–Crippen MR) is 121 cm³/mol. The molecule has 0 unspecified atom stereocenters. The molecule has 0 saturated heterocycles. The SMILES string of the molecule is CCCCSc1nnc(Cn2c(=O)sc3ccccc32)n1CCc1ccccc1. The monoisotopic (exact) mass is 424 g/mol. The van der Waals surface area contributed by atoms with Crippen LogP contribution in [-0.4, -0.2) is 25.1 Å². The number of benzene rings is 2. The zero-order chi connectivity index (χ0) is 20.1. The van der Waals surface area contributed by atoms with Gasteiger partial charge in [-0.2, -0.15) is 0 Å². The first-order chi connectivity index (χ1) is 14.3. The third-order valence-electron chi connectivity index (χ3n) is 4.86. The van der Waals surface area contributed by atoms with Crippen LogP contribution in [0.15, 0.2) is 64.5 Å². The summed E-state index contributed by atoms with van der Waals surface area (Å²) in [5.74, 6) is 1.87. The number of hydrogen-bond donors (Lipinski definition) is 0. The Morgan fingerprint density at radius 3 is 2.62 bits per heavy atom. The summed E-state index contributed by atoms with van der Waals surface area (Å²) in [6, 6.07) is 18.4. The average molecular weight is 425 g/mol. The normalized spacial score (nSPS) is 11.3. The van der Waals surface area contributed by atoms with Gasteiger partial charge in [0, 0.05) is 12.3 Å². The van der Waals surface area contributed by atoms with Gasteiger partial charge in [-0.05, 0) is 30.5 Å². The van der Waals surface area contributed by atoms with E-state index in [1.165, 1.54) is 16.9 Å². The number of hydrogen-bond acceptors (Lipinski definition) is 5. The van der Waals surface area contributed by atoms with E-state index < -0.39 is 0 Å². The van der Waals surface area contributed by atoms with Crippen LogP contribution >= 0.6 is 23.1 Å². The van der Waals surface area contributed by atoms with Gasteiger partial charge in [-0.1, -0.05) is 78.9 Å². The van der Waals surface area contributed by atoms with E-state index in [1.54, 1.807) is 11.8 Å². The van der Waals surface area contributed by atoms with Crippen LogP contribution in [0.4, 0.5) is 0 Å². The summed E-state index contributed by atoms with van der Waals surface area (Å²) in [4.78, 5) is 12.6. The highest BCUT2D eigenvalue weighted by molar-refractivity contribution is 7.99. The van der Waals surface area contributed by atoms with Gasteiger partial charge in [0.05, 0.1) is 16.8 Å². The molecule has 4 aromatic rings. The van der Waals surface area contributed by atoms with Crippen molar-refractivity contribution < 1.29 is 0 Å². The van der Waals surface area contributed by atoms with Crippen molar-refractivity contribution in [2.24, 2.45) is 0 Å². The highest BCUT2D eigenvalue weighted by Crippen LogP contribution is 2.22. The van der Waals surface area contributed by atoms with Crippen LogP contribution in [0.25, 0.3) is 10.2 Å². The summed E-state index contributed by atoms with van der Waals surface area (Å²) in [5, 5.41) is 9.86. The molecule has 0 aliphatic rings. The fraction of sp³-hybridized carbons (Fsp3) is 0.318.